The monoisotopic (exact) mass is 241 g/mol. The number of methoxy groups -OCH3 is 1. The van der Waals surface area contributed by atoms with Gasteiger partial charge in [0.25, 0.3) is 5.92 Å². The van der Waals surface area contributed by atoms with Crippen molar-refractivity contribution in [1.29, 1.82) is 0 Å². The van der Waals surface area contributed by atoms with E-state index in [1.807, 2.05) is 0 Å². The van der Waals surface area contributed by atoms with Crippen molar-refractivity contribution in [2.75, 3.05) is 20.2 Å². The van der Waals surface area contributed by atoms with Gasteiger partial charge >= 0.3 is 0 Å². The van der Waals surface area contributed by atoms with E-state index in [0.29, 0.717) is 5.56 Å². The number of ether oxygens (including phenoxy) is 1. The Labute approximate surface area is 100.0 Å². The molecule has 0 radical (unpaired) electrons. The maximum Gasteiger partial charge on any atom is 0.274 e. The lowest BCUT2D eigenvalue weighted by atomic mass is 9.90. The van der Waals surface area contributed by atoms with Crippen LogP contribution in [0.5, 0.6) is 5.75 Å². The number of halogens is 2. The van der Waals surface area contributed by atoms with Crippen LogP contribution in [0.4, 0.5) is 8.78 Å². The van der Waals surface area contributed by atoms with Crippen LogP contribution in [0.3, 0.4) is 0 Å². The zero-order chi connectivity index (χ0) is 12.5. The fourth-order valence-corrected chi connectivity index (χ4v) is 2.45. The smallest absolute Gasteiger partial charge is 0.274 e. The molecule has 0 aromatic heterocycles. The predicted octanol–water partition coefficient (Wildman–Crippen LogP) is 2.88. The van der Waals surface area contributed by atoms with Crippen molar-refractivity contribution in [3.05, 3.63) is 29.3 Å². The number of benzene rings is 1. The molecule has 0 bridgehead atoms. The summed E-state index contributed by atoms with van der Waals surface area (Å²) in [5, 5.41) is 3.20. The van der Waals surface area contributed by atoms with E-state index in [1.54, 1.807) is 18.2 Å². The van der Waals surface area contributed by atoms with Gasteiger partial charge in [-0.05, 0) is 30.5 Å². The molecule has 1 heterocycles. The highest BCUT2D eigenvalue weighted by Crippen LogP contribution is 2.41. The van der Waals surface area contributed by atoms with Gasteiger partial charge in [0.2, 0.25) is 0 Å². The maximum atomic E-state index is 13.7. The molecule has 1 N–H and O–H groups in total. The van der Waals surface area contributed by atoms with Gasteiger partial charge in [-0.1, -0.05) is 12.1 Å². The second-order valence-corrected chi connectivity index (χ2v) is 4.50. The van der Waals surface area contributed by atoms with Crippen LogP contribution >= 0.6 is 0 Å². The number of hydrogen-bond acceptors (Lipinski definition) is 2. The molecule has 1 unspecified atom stereocenters. The standard InChI is InChI=1S/C13H17F2NO/c1-13(14,15)12-10(9-6-7-16-8-9)4-3-5-11(12)17-2/h3-5,9,16H,6-8H2,1-2H3. The minimum Gasteiger partial charge on any atom is -0.496 e. The molecule has 2 nitrogen and oxygen atoms in total. The molecule has 0 amide bonds. The minimum atomic E-state index is -2.87. The molecule has 1 saturated heterocycles. The molecule has 94 valence electrons. The van der Waals surface area contributed by atoms with Crippen molar-refractivity contribution in [3.63, 3.8) is 0 Å². The summed E-state index contributed by atoms with van der Waals surface area (Å²) in [5.41, 5.74) is 0.748. The van der Waals surface area contributed by atoms with E-state index in [9.17, 15) is 8.78 Å². The van der Waals surface area contributed by atoms with Crippen LogP contribution in [0, 0.1) is 0 Å². The normalized spacial score (nSPS) is 20.6. The molecule has 1 aromatic carbocycles. The van der Waals surface area contributed by atoms with Gasteiger partial charge in [-0.3, -0.25) is 0 Å². The van der Waals surface area contributed by atoms with Crippen molar-refractivity contribution >= 4 is 0 Å². The first-order valence-corrected chi connectivity index (χ1v) is 5.80. The molecule has 0 aliphatic carbocycles. The Hall–Kier alpha value is -1.16. The van der Waals surface area contributed by atoms with Crippen molar-refractivity contribution < 1.29 is 13.5 Å². The first-order valence-electron chi connectivity index (χ1n) is 5.80. The summed E-state index contributed by atoms with van der Waals surface area (Å²) in [4.78, 5) is 0. The fourth-order valence-electron chi connectivity index (χ4n) is 2.45. The van der Waals surface area contributed by atoms with E-state index in [0.717, 1.165) is 26.4 Å². The van der Waals surface area contributed by atoms with Crippen LogP contribution in [-0.2, 0) is 5.92 Å². The highest BCUT2D eigenvalue weighted by Gasteiger charge is 2.34. The zero-order valence-electron chi connectivity index (χ0n) is 10.1. The van der Waals surface area contributed by atoms with Gasteiger partial charge in [0.15, 0.2) is 0 Å². The average molecular weight is 241 g/mol. The van der Waals surface area contributed by atoms with Gasteiger partial charge in [0.1, 0.15) is 5.75 Å². The summed E-state index contributed by atoms with van der Waals surface area (Å²) >= 11 is 0. The summed E-state index contributed by atoms with van der Waals surface area (Å²) < 4.78 is 32.5. The summed E-state index contributed by atoms with van der Waals surface area (Å²) in [6.45, 7) is 2.57. The Morgan fingerprint density at radius 3 is 2.71 bits per heavy atom. The quantitative estimate of drug-likeness (QED) is 0.878. The molecule has 1 aromatic rings. The third kappa shape index (κ3) is 2.41. The maximum absolute atomic E-state index is 13.7. The molecule has 1 atom stereocenters. The number of hydrogen-bond donors (Lipinski definition) is 1. The summed E-state index contributed by atoms with van der Waals surface area (Å²) in [5.74, 6) is -2.43. The van der Waals surface area contributed by atoms with Crippen LogP contribution in [0.2, 0.25) is 0 Å². The topological polar surface area (TPSA) is 21.3 Å². The van der Waals surface area contributed by atoms with Crippen LogP contribution in [0.15, 0.2) is 18.2 Å². The summed E-state index contributed by atoms with van der Waals surface area (Å²) in [6, 6.07) is 5.16. The molecule has 0 spiro atoms. The molecule has 2 rings (SSSR count). The van der Waals surface area contributed by atoms with Gasteiger partial charge < -0.3 is 10.1 Å². The third-order valence-corrected chi connectivity index (χ3v) is 3.22. The van der Waals surface area contributed by atoms with Crippen molar-refractivity contribution in [2.45, 2.75) is 25.2 Å². The molecule has 0 saturated carbocycles. The van der Waals surface area contributed by atoms with E-state index in [4.69, 9.17) is 4.74 Å². The van der Waals surface area contributed by atoms with Crippen molar-refractivity contribution in [3.8, 4) is 5.75 Å². The second kappa shape index (κ2) is 4.61. The van der Waals surface area contributed by atoms with E-state index >= 15 is 0 Å². The second-order valence-electron chi connectivity index (χ2n) is 4.50. The van der Waals surface area contributed by atoms with Crippen LogP contribution < -0.4 is 10.1 Å². The average Bonchev–Trinajstić information content (AvgIpc) is 2.80. The number of rotatable bonds is 3. The Morgan fingerprint density at radius 1 is 1.41 bits per heavy atom. The van der Waals surface area contributed by atoms with Gasteiger partial charge in [0.05, 0.1) is 12.7 Å². The fraction of sp³-hybridized carbons (Fsp3) is 0.538. The van der Waals surface area contributed by atoms with Gasteiger partial charge in [0, 0.05) is 13.5 Å². The Kier molecular flexibility index (Phi) is 3.33. The van der Waals surface area contributed by atoms with Gasteiger partial charge in [-0.2, -0.15) is 0 Å². The van der Waals surface area contributed by atoms with Gasteiger partial charge in [-0.15, -0.1) is 0 Å². The van der Waals surface area contributed by atoms with Gasteiger partial charge in [-0.25, -0.2) is 8.78 Å². The highest BCUT2D eigenvalue weighted by molar-refractivity contribution is 5.45. The molecule has 4 heteroatoms. The summed E-state index contributed by atoms with van der Waals surface area (Å²) in [6.07, 6.45) is 0.899. The lowest BCUT2D eigenvalue weighted by Crippen LogP contribution is -2.16. The minimum absolute atomic E-state index is 0.0381. The van der Waals surface area contributed by atoms with E-state index in [2.05, 4.69) is 5.32 Å². The Balaban J connectivity index is 2.50. The van der Waals surface area contributed by atoms with Crippen molar-refractivity contribution in [1.82, 2.24) is 5.32 Å². The zero-order valence-corrected chi connectivity index (χ0v) is 10.1. The van der Waals surface area contributed by atoms with Crippen LogP contribution in [0.25, 0.3) is 0 Å². The largest absolute Gasteiger partial charge is 0.496 e. The molecule has 1 fully saturated rings. The number of alkyl halides is 2. The number of nitrogens with one attached hydrogen (secondary N) is 1. The first kappa shape index (κ1) is 12.3. The molecule has 1 aliphatic rings. The van der Waals surface area contributed by atoms with Crippen LogP contribution in [0.1, 0.15) is 30.4 Å². The van der Waals surface area contributed by atoms with E-state index in [1.165, 1.54) is 7.11 Å². The van der Waals surface area contributed by atoms with Crippen molar-refractivity contribution in [2.24, 2.45) is 0 Å². The van der Waals surface area contributed by atoms with Crippen LogP contribution in [-0.4, -0.2) is 20.2 Å². The SMILES string of the molecule is COc1cccc(C2CCNC2)c1C(C)(F)F. The first-order chi connectivity index (χ1) is 8.04. The van der Waals surface area contributed by atoms with E-state index < -0.39 is 5.92 Å². The molecule has 1 aliphatic heterocycles. The molecular formula is C13H17F2NO. The van der Waals surface area contributed by atoms with E-state index in [-0.39, 0.29) is 17.2 Å². The molecular weight excluding hydrogens is 224 g/mol. The lowest BCUT2D eigenvalue weighted by molar-refractivity contribution is 0.0138. The molecule has 17 heavy (non-hydrogen) atoms. The summed E-state index contributed by atoms with van der Waals surface area (Å²) in [7, 11) is 1.43. The highest BCUT2D eigenvalue weighted by atomic mass is 19.3. The Bertz CT molecular complexity index is 395. The third-order valence-electron chi connectivity index (χ3n) is 3.22. The predicted molar refractivity (Wildman–Crippen MR) is 62.8 cm³/mol. The lowest BCUT2D eigenvalue weighted by Gasteiger charge is -2.22. The Morgan fingerprint density at radius 2 is 2.18 bits per heavy atom.